The summed E-state index contributed by atoms with van der Waals surface area (Å²) in [6.07, 6.45) is 6.05. The largest absolute Gasteiger partial charge is 0.372 e. The van der Waals surface area contributed by atoms with E-state index < -0.39 is 0 Å². The standard InChI is InChI=1S/C18H21N3O4/c22-18(17-6-9-20-25-17)21-10-7-16-15(21)5-4-14(24-16)12-23-11-13-3-1-2-8-19-13/h1-3,6,8-9,14-16H,4-5,7,10-12H2/t14-,15+,16+/m1/s1. The molecule has 7 heteroatoms. The molecule has 2 aliphatic rings. The lowest BCUT2D eigenvalue weighted by Gasteiger charge is -2.35. The zero-order chi connectivity index (χ0) is 17.1. The number of pyridine rings is 1. The SMILES string of the molecule is O=C(c1ccno1)N1CC[C@@H]2O[C@@H](COCc3ccccn3)CC[C@@H]21. The molecule has 0 aromatic carbocycles. The lowest BCUT2D eigenvalue weighted by molar-refractivity contribution is -0.0991. The average molecular weight is 343 g/mol. The number of ether oxygens (including phenoxy) is 2. The molecule has 0 radical (unpaired) electrons. The van der Waals surface area contributed by atoms with Crippen molar-refractivity contribution in [2.45, 2.75) is 44.1 Å². The zero-order valence-electron chi connectivity index (χ0n) is 13.9. The van der Waals surface area contributed by atoms with Crippen molar-refractivity contribution in [2.75, 3.05) is 13.2 Å². The van der Waals surface area contributed by atoms with Gasteiger partial charge in [0.05, 0.1) is 43.4 Å². The first-order valence-electron chi connectivity index (χ1n) is 8.66. The van der Waals surface area contributed by atoms with Crippen LogP contribution in [0.5, 0.6) is 0 Å². The van der Waals surface area contributed by atoms with Gasteiger partial charge >= 0.3 is 0 Å². The van der Waals surface area contributed by atoms with Crippen molar-refractivity contribution in [1.82, 2.24) is 15.0 Å². The van der Waals surface area contributed by atoms with Gasteiger partial charge in [-0.05, 0) is 31.4 Å². The van der Waals surface area contributed by atoms with Gasteiger partial charge in [-0.1, -0.05) is 11.2 Å². The van der Waals surface area contributed by atoms with Crippen molar-refractivity contribution in [3.63, 3.8) is 0 Å². The lowest BCUT2D eigenvalue weighted by atomic mass is 9.99. The van der Waals surface area contributed by atoms with E-state index >= 15 is 0 Å². The Morgan fingerprint density at radius 2 is 2.20 bits per heavy atom. The summed E-state index contributed by atoms with van der Waals surface area (Å²) in [6, 6.07) is 7.51. The van der Waals surface area contributed by atoms with Gasteiger partial charge in [-0.15, -0.1) is 0 Å². The van der Waals surface area contributed by atoms with Crippen molar-refractivity contribution in [1.29, 1.82) is 0 Å². The molecule has 1 amide bonds. The number of aromatic nitrogens is 2. The molecule has 2 aromatic heterocycles. The Kier molecular flexibility index (Phi) is 4.76. The molecule has 0 N–H and O–H groups in total. The van der Waals surface area contributed by atoms with Crippen molar-refractivity contribution >= 4 is 5.91 Å². The molecule has 4 heterocycles. The van der Waals surface area contributed by atoms with E-state index in [-0.39, 0.29) is 24.2 Å². The second kappa shape index (κ2) is 7.33. The second-order valence-corrected chi connectivity index (χ2v) is 6.44. The highest BCUT2D eigenvalue weighted by Crippen LogP contribution is 2.32. The molecule has 2 saturated heterocycles. The summed E-state index contributed by atoms with van der Waals surface area (Å²) in [6.45, 7) is 1.73. The number of carbonyl (C=O) groups excluding carboxylic acids is 1. The molecule has 2 aromatic rings. The molecule has 4 rings (SSSR count). The molecule has 0 unspecified atom stereocenters. The van der Waals surface area contributed by atoms with Crippen LogP contribution in [0.15, 0.2) is 41.2 Å². The number of fused-ring (bicyclic) bond motifs is 1. The van der Waals surface area contributed by atoms with Crippen LogP contribution in [-0.4, -0.2) is 52.3 Å². The molecule has 0 spiro atoms. The van der Waals surface area contributed by atoms with E-state index in [2.05, 4.69) is 10.1 Å². The fraction of sp³-hybridized carbons (Fsp3) is 0.500. The topological polar surface area (TPSA) is 77.7 Å². The first-order valence-corrected chi connectivity index (χ1v) is 8.66. The van der Waals surface area contributed by atoms with Gasteiger partial charge in [0.2, 0.25) is 5.76 Å². The van der Waals surface area contributed by atoms with E-state index in [1.165, 1.54) is 6.20 Å². The van der Waals surface area contributed by atoms with E-state index in [1.807, 2.05) is 23.1 Å². The van der Waals surface area contributed by atoms with Crippen LogP contribution in [0.3, 0.4) is 0 Å². The van der Waals surface area contributed by atoms with Gasteiger partial charge in [0, 0.05) is 18.8 Å². The first-order chi connectivity index (χ1) is 12.3. The van der Waals surface area contributed by atoms with E-state index in [4.69, 9.17) is 14.0 Å². The molecule has 2 aliphatic heterocycles. The van der Waals surface area contributed by atoms with Crippen molar-refractivity contribution in [3.05, 3.63) is 48.1 Å². The Morgan fingerprint density at radius 1 is 1.24 bits per heavy atom. The van der Waals surface area contributed by atoms with E-state index in [0.29, 0.717) is 25.5 Å². The number of nitrogens with zero attached hydrogens (tertiary/aromatic N) is 3. The molecule has 132 valence electrons. The molecular weight excluding hydrogens is 322 g/mol. The van der Waals surface area contributed by atoms with Gasteiger partial charge in [0.1, 0.15) is 0 Å². The van der Waals surface area contributed by atoms with Gasteiger partial charge in [0.15, 0.2) is 0 Å². The first kappa shape index (κ1) is 16.2. The fourth-order valence-corrected chi connectivity index (χ4v) is 3.62. The highest BCUT2D eigenvalue weighted by atomic mass is 16.5. The molecule has 7 nitrogen and oxygen atoms in total. The second-order valence-electron chi connectivity index (χ2n) is 6.44. The number of hydrogen-bond acceptors (Lipinski definition) is 6. The average Bonchev–Trinajstić information content (AvgIpc) is 3.32. The maximum absolute atomic E-state index is 12.5. The third-order valence-electron chi connectivity index (χ3n) is 4.82. The van der Waals surface area contributed by atoms with Crippen LogP contribution in [0.1, 0.15) is 35.5 Å². The van der Waals surface area contributed by atoms with Crippen LogP contribution in [0, 0.1) is 0 Å². The zero-order valence-corrected chi connectivity index (χ0v) is 13.9. The maximum atomic E-state index is 12.5. The monoisotopic (exact) mass is 343 g/mol. The van der Waals surface area contributed by atoms with Crippen molar-refractivity contribution in [3.8, 4) is 0 Å². The summed E-state index contributed by atoms with van der Waals surface area (Å²) in [7, 11) is 0. The maximum Gasteiger partial charge on any atom is 0.292 e. The van der Waals surface area contributed by atoms with Gasteiger partial charge in [-0.3, -0.25) is 9.78 Å². The van der Waals surface area contributed by atoms with Crippen molar-refractivity contribution < 1.29 is 18.8 Å². The third kappa shape index (κ3) is 3.57. The van der Waals surface area contributed by atoms with Crippen LogP contribution in [-0.2, 0) is 16.1 Å². The molecule has 0 aliphatic carbocycles. The van der Waals surface area contributed by atoms with E-state index in [9.17, 15) is 4.79 Å². The van der Waals surface area contributed by atoms with Crippen LogP contribution < -0.4 is 0 Å². The Bertz CT molecular complexity index is 692. The fourth-order valence-electron chi connectivity index (χ4n) is 3.62. The van der Waals surface area contributed by atoms with Crippen LogP contribution >= 0.6 is 0 Å². The lowest BCUT2D eigenvalue weighted by Crippen LogP contribution is -2.45. The number of hydrogen-bond donors (Lipinski definition) is 0. The molecule has 3 atom stereocenters. The number of likely N-dealkylation sites (tertiary alicyclic amines) is 1. The smallest absolute Gasteiger partial charge is 0.292 e. The normalized spacial score (nSPS) is 25.8. The van der Waals surface area contributed by atoms with E-state index in [1.54, 1.807) is 12.3 Å². The number of rotatable bonds is 5. The van der Waals surface area contributed by atoms with Gasteiger partial charge < -0.3 is 18.9 Å². The predicted octanol–water partition coefficient (Wildman–Crippen LogP) is 2.05. The quantitative estimate of drug-likeness (QED) is 0.827. The summed E-state index contributed by atoms with van der Waals surface area (Å²) in [5.74, 6) is 0.194. The van der Waals surface area contributed by atoms with E-state index in [0.717, 1.165) is 25.0 Å². The Hall–Kier alpha value is -2.25. The third-order valence-corrected chi connectivity index (χ3v) is 4.82. The molecular formula is C18H21N3O4. The molecule has 0 saturated carbocycles. The molecule has 25 heavy (non-hydrogen) atoms. The highest BCUT2D eigenvalue weighted by molar-refractivity contribution is 5.91. The minimum Gasteiger partial charge on any atom is -0.372 e. The number of carbonyl (C=O) groups is 1. The number of amides is 1. The van der Waals surface area contributed by atoms with Crippen LogP contribution in [0.25, 0.3) is 0 Å². The van der Waals surface area contributed by atoms with Crippen LogP contribution in [0.2, 0.25) is 0 Å². The van der Waals surface area contributed by atoms with Gasteiger partial charge in [-0.2, -0.15) is 0 Å². The van der Waals surface area contributed by atoms with Gasteiger partial charge in [0.25, 0.3) is 5.91 Å². The Morgan fingerprint density at radius 3 is 3.00 bits per heavy atom. The Labute approximate surface area is 145 Å². The summed E-state index contributed by atoms with van der Waals surface area (Å²) >= 11 is 0. The summed E-state index contributed by atoms with van der Waals surface area (Å²) < 4.78 is 16.9. The van der Waals surface area contributed by atoms with Crippen molar-refractivity contribution in [2.24, 2.45) is 0 Å². The highest BCUT2D eigenvalue weighted by Gasteiger charge is 2.42. The molecule has 0 bridgehead atoms. The Balaban J connectivity index is 1.27. The minimum atomic E-state index is -0.0987. The summed E-state index contributed by atoms with van der Waals surface area (Å²) in [4.78, 5) is 18.6. The summed E-state index contributed by atoms with van der Waals surface area (Å²) in [5.41, 5.74) is 0.917. The van der Waals surface area contributed by atoms with Crippen LogP contribution in [0.4, 0.5) is 0 Å². The molecule has 2 fully saturated rings. The summed E-state index contributed by atoms with van der Waals surface area (Å²) in [5, 5.41) is 3.61. The predicted molar refractivity (Wildman–Crippen MR) is 87.7 cm³/mol. The minimum absolute atomic E-state index is 0.0732. The van der Waals surface area contributed by atoms with Gasteiger partial charge in [-0.25, -0.2) is 0 Å².